The van der Waals surface area contributed by atoms with E-state index >= 15 is 0 Å². The summed E-state index contributed by atoms with van der Waals surface area (Å²) in [7, 11) is 0. The molecule has 1 aromatic rings. The molecule has 0 aliphatic heterocycles. The first-order valence-electron chi connectivity index (χ1n) is 2.62. The number of aromatic hydroxyl groups is 1. The molecular formula is C6H5Cl2NO. The maximum Gasteiger partial charge on any atom is 0.156 e. The van der Waals surface area contributed by atoms with Crippen LogP contribution in [0.5, 0.6) is 5.75 Å². The van der Waals surface area contributed by atoms with Crippen molar-refractivity contribution < 1.29 is 5.11 Å². The van der Waals surface area contributed by atoms with Gasteiger partial charge >= 0.3 is 0 Å². The number of aryl methyl sites for hydroxylation is 1. The molecule has 0 saturated carbocycles. The predicted octanol–water partition coefficient (Wildman–Crippen LogP) is 2.40. The largest absolute Gasteiger partial charge is 0.504 e. The fraction of sp³-hybridized carbons (Fsp3) is 0.167. The smallest absolute Gasteiger partial charge is 0.156 e. The second-order valence-electron chi connectivity index (χ2n) is 1.85. The zero-order chi connectivity index (χ0) is 7.72. The number of rotatable bonds is 0. The minimum atomic E-state index is -0.0471. The van der Waals surface area contributed by atoms with Crippen LogP contribution in [-0.2, 0) is 0 Å². The van der Waals surface area contributed by atoms with Crippen molar-refractivity contribution in [2.75, 3.05) is 0 Å². The van der Waals surface area contributed by atoms with Crippen molar-refractivity contribution in [1.82, 2.24) is 4.98 Å². The normalized spacial score (nSPS) is 9.90. The predicted molar refractivity (Wildman–Crippen MR) is 40.7 cm³/mol. The number of hydrogen-bond donors (Lipinski definition) is 1. The van der Waals surface area contributed by atoms with E-state index in [1.54, 1.807) is 6.92 Å². The Kier molecular flexibility index (Phi) is 2.02. The van der Waals surface area contributed by atoms with Crippen LogP contribution in [0.2, 0.25) is 10.0 Å². The second kappa shape index (κ2) is 2.64. The fourth-order valence-electron chi connectivity index (χ4n) is 0.543. The average molecular weight is 178 g/mol. The molecule has 0 aliphatic rings. The van der Waals surface area contributed by atoms with E-state index in [0.717, 1.165) is 0 Å². The lowest BCUT2D eigenvalue weighted by Gasteiger charge is -1.99. The van der Waals surface area contributed by atoms with Crippen molar-refractivity contribution in [2.24, 2.45) is 0 Å². The second-order valence-corrected chi connectivity index (χ2v) is 2.64. The van der Waals surface area contributed by atoms with Gasteiger partial charge in [0.1, 0.15) is 5.02 Å². The summed E-state index contributed by atoms with van der Waals surface area (Å²) >= 11 is 11.1. The lowest BCUT2D eigenvalue weighted by molar-refractivity contribution is 0.468. The van der Waals surface area contributed by atoms with E-state index in [-0.39, 0.29) is 15.8 Å². The van der Waals surface area contributed by atoms with Gasteiger partial charge in [-0.05, 0) is 6.92 Å². The number of halogens is 2. The van der Waals surface area contributed by atoms with Crippen LogP contribution in [-0.4, -0.2) is 10.1 Å². The molecule has 0 unspecified atom stereocenters. The molecule has 0 radical (unpaired) electrons. The Balaban J connectivity index is 3.34. The van der Waals surface area contributed by atoms with Gasteiger partial charge in [-0.25, -0.2) is 0 Å². The van der Waals surface area contributed by atoms with Crippen molar-refractivity contribution in [3.05, 3.63) is 21.9 Å². The van der Waals surface area contributed by atoms with Gasteiger partial charge in [-0.15, -0.1) is 0 Å². The van der Waals surface area contributed by atoms with Crippen molar-refractivity contribution in [3.63, 3.8) is 0 Å². The van der Waals surface area contributed by atoms with Gasteiger partial charge in [-0.1, -0.05) is 23.2 Å². The molecule has 4 heteroatoms. The summed E-state index contributed by atoms with van der Waals surface area (Å²) in [6.45, 7) is 1.65. The highest BCUT2D eigenvalue weighted by Gasteiger charge is 2.06. The van der Waals surface area contributed by atoms with Crippen molar-refractivity contribution in [3.8, 4) is 5.75 Å². The Morgan fingerprint density at radius 2 is 2.10 bits per heavy atom. The first-order chi connectivity index (χ1) is 4.63. The van der Waals surface area contributed by atoms with E-state index in [9.17, 15) is 0 Å². The molecule has 0 aliphatic carbocycles. The molecule has 0 saturated heterocycles. The molecular weight excluding hydrogens is 173 g/mol. The third kappa shape index (κ3) is 1.18. The van der Waals surface area contributed by atoms with E-state index in [1.165, 1.54) is 6.20 Å². The van der Waals surface area contributed by atoms with Crippen LogP contribution in [0.15, 0.2) is 6.20 Å². The Bertz CT molecular complexity index is 235. The monoisotopic (exact) mass is 177 g/mol. The van der Waals surface area contributed by atoms with E-state index in [4.69, 9.17) is 28.3 Å². The molecule has 1 rings (SSSR count). The fourth-order valence-corrected chi connectivity index (χ4v) is 0.867. The zero-order valence-corrected chi connectivity index (χ0v) is 6.74. The van der Waals surface area contributed by atoms with Crippen LogP contribution in [0.25, 0.3) is 0 Å². The van der Waals surface area contributed by atoms with Gasteiger partial charge in [0, 0.05) is 6.20 Å². The quantitative estimate of drug-likeness (QED) is 0.661. The highest BCUT2D eigenvalue weighted by atomic mass is 35.5. The summed E-state index contributed by atoms with van der Waals surface area (Å²) in [5, 5.41) is 9.54. The molecule has 10 heavy (non-hydrogen) atoms. The number of hydrogen-bond acceptors (Lipinski definition) is 2. The SMILES string of the molecule is Cc1ncc(Cl)c(Cl)c1O. The van der Waals surface area contributed by atoms with Crippen LogP contribution in [0.1, 0.15) is 5.69 Å². The van der Waals surface area contributed by atoms with Gasteiger partial charge in [0.05, 0.1) is 10.7 Å². The van der Waals surface area contributed by atoms with Gasteiger partial charge in [-0.2, -0.15) is 0 Å². The van der Waals surface area contributed by atoms with Crippen LogP contribution < -0.4 is 0 Å². The highest BCUT2D eigenvalue weighted by molar-refractivity contribution is 6.42. The standard InChI is InChI=1S/C6H5Cl2NO/c1-3-6(10)5(8)4(7)2-9-3/h2,10H,1H3. The van der Waals surface area contributed by atoms with Gasteiger partial charge in [0.25, 0.3) is 0 Å². The minimum absolute atomic E-state index is 0.0471. The zero-order valence-electron chi connectivity index (χ0n) is 5.23. The Labute approximate surface area is 68.4 Å². The molecule has 2 nitrogen and oxygen atoms in total. The molecule has 54 valence electrons. The molecule has 0 fully saturated rings. The first kappa shape index (κ1) is 7.63. The summed E-state index contributed by atoms with van der Waals surface area (Å²) in [4.78, 5) is 3.77. The summed E-state index contributed by atoms with van der Waals surface area (Å²) in [6.07, 6.45) is 1.40. The molecule has 0 amide bonds. The minimum Gasteiger partial charge on any atom is -0.504 e. The number of pyridine rings is 1. The molecule has 1 heterocycles. The lowest BCUT2D eigenvalue weighted by Crippen LogP contribution is -1.82. The molecule has 1 N–H and O–H groups in total. The maximum absolute atomic E-state index is 9.11. The third-order valence-electron chi connectivity index (χ3n) is 1.13. The summed E-state index contributed by atoms with van der Waals surface area (Å²) < 4.78 is 0. The Hall–Kier alpha value is -0.470. The van der Waals surface area contributed by atoms with Crippen LogP contribution in [0, 0.1) is 6.92 Å². The van der Waals surface area contributed by atoms with Gasteiger partial charge in [0.2, 0.25) is 0 Å². The molecule has 0 spiro atoms. The van der Waals surface area contributed by atoms with Crippen LogP contribution in [0.3, 0.4) is 0 Å². The van der Waals surface area contributed by atoms with Crippen LogP contribution >= 0.6 is 23.2 Å². The van der Waals surface area contributed by atoms with Crippen molar-refractivity contribution in [1.29, 1.82) is 0 Å². The lowest BCUT2D eigenvalue weighted by atomic mass is 10.3. The molecule has 1 aromatic heterocycles. The molecule has 0 aromatic carbocycles. The topological polar surface area (TPSA) is 33.1 Å². The van der Waals surface area contributed by atoms with E-state index in [1.807, 2.05) is 0 Å². The number of nitrogens with zero attached hydrogens (tertiary/aromatic N) is 1. The van der Waals surface area contributed by atoms with Gasteiger partial charge in [0.15, 0.2) is 5.75 Å². The maximum atomic E-state index is 9.11. The van der Waals surface area contributed by atoms with E-state index < -0.39 is 0 Å². The first-order valence-corrected chi connectivity index (χ1v) is 3.38. The summed E-state index contributed by atoms with van der Waals surface area (Å²) in [5.41, 5.74) is 0.481. The van der Waals surface area contributed by atoms with E-state index in [2.05, 4.69) is 4.98 Å². The third-order valence-corrected chi connectivity index (χ3v) is 1.90. The van der Waals surface area contributed by atoms with Gasteiger partial charge in [-0.3, -0.25) is 4.98 Å². The molecule has 0 bridgehead atoms. The van der Waals surface area contributed by atoms with E-state index in [0.29, 0.717) is 5.69 Å². The van der Waals surface area contributed by atoms with Gasteiger partial charge < -0.3 is 5.11 Å². The molecule has 0 atom stereocenters. The summed E-state index contributed by atoms with van der Waals surface area (Å²) in [5.74, 6) is -0.0471. The summed E-state index contributed by atoms with van der Waals surface area (Å²) in [6, 6.07) is 0. The average Bonchev–Trinajstić information content (AvgIpc) is 1.93. The van der Waals surface area contributed by atoms with Crippen molar-refractivity contribution >= 4 is 23.2 Å². The Morgan fingerprint density at radius 1 is 1.50 bits per heavy atom. The van der Waals surface area contributed by atoms with Crippen LogP contribution in [0.4, 0.5) is 0 Å². The van der Waals surface area contributed by atoms with Crippen molar-refractivity contribution in [2.45, 2.75) is 6.92 Å². The highest BCUT2D eigenvalue weighted by Crippen LogP contribution is 2.31. The Morgan fingerprint density at radius 3 is 2.60 bits per heavy atom. The number of aromatic nitrogens is 1.